The Labute approximate surface area is 117 Å². The van der Waals surface area contributed by atoms with Crippen molar-refractivity contribution >= 4 is 23.4 Å². The Balaban J connectivity index is 1.93. The Morgan fingerprint density at radius 3 is 2.74 bits per heavy atom. The van der Waals surface area contributed by atoms with Crippen LogP contribution in [0.15, 0.2) is 18.3 Å². The molecule has 0 saturated heterocycles. The first-order valence-corrected chi connectivity index (χ1v) is 7.68. The van der Waals surface area contributed by atoms with E-state index in [1.807, 2.05) is 11.8 Å². The molecule has 4 N–H and O–H groups in total. The highest BCUT2D eigenvalue weighted by Gasteiger charge is 2.33. The van der Waals surface area contributed by atoms with E-state index in [9.17, 15) is 4.79 Å². The van der Waals surface area contributed by atoms with E-state index in [0.29, 0.717) is 17.9 Å². The highest BCUT2D eigenvalue weighted by atomic mass is 32.2. The number of carbonyl (C=O) groups is 1. The molecule has 1 heterocycles. The summed E-state index contributed by atoms with van der Waals surface area (Å²) in [7, 11) is 0. The topological polar surface area (TPSA) is 80.0 Å². The fraction of sp³-hybridized carbons (Fsp3) is 0.538. The van der Waals surface area contributed by atoms with E-state index in [0.717, 1.165) is 0 Å². The molecule has 1 aliphatic carbocycles. The van der Waals surface area contributed by atoms with Gasteiger partial charge in [-0.05, 0) is 31.2 Å². The quantitative estimate of drug-likeness (QED) is 0.566. The average molecular weight is 280 g/mol. The maximum Gasteiger partial charge on any atom is 0.269 e. The largest absolute Gasteiger partial charge is 0.349 e. The number of hydrogen-bond donors (Lipinski definition) is 3. The van der Waals surface area contributed by atoms with Crippen LogP contribution in [0.2, 0.25) is 0 Å². The fourth-order valence-corrected chi connectivity index (χ4v) is 3.33. The summed E-state index contributed by atoms with van der Waals surface area (Å²) in [5.74, 6) is 5.14. The Kier molecular flexibility index (Phi) is 4.66. The van der Waals surface area contributed by atoms with E-state index in [-0.39, 0.29) is 10.7 Å². The van der Waals surface area contributed by atoms with Crippen LogP contribution in [0.3, 0.4) is 0 Å². The standard InChI is InChI=1S/C13H20N4OS/c1-19-13(6-2-3-7-13)9-16-12(18)11-5-4-10(17-14)8-15-11/h4-5,8,17H,2-3,6-7,9,14H2,1H3,(H,16,18). The van der Waals surface area contributed by atoms with Crippen LogP contribution < -0.4 is 16.6 Å². The summed E-state index contributed by atoms with van der Waals surface area (Å²) in [5, 5.41) is 3.00. The molecular weight excluding hydrogens is 260 g/mol. The second kappa shape index (κ2) is 6.25. The normalized spacial score (nSPS) is 17.2. The van der Waals surface area contributed by atoms with Crippen LogP contribution in [-0.4, -0.2) is 28.4 Å². The molecule has 0 unspecified atom stereocenters. The van der Waals surface area contributed by atoms with Crippen LogP contribution >= 0.6 is 11.8 Å². The monoisotopic (exact) mass is 280 g/mol. The number of rotatable bonds is 5. The average Bonchev–Trinajstić information content (AvgIpc) is 2.94. The van der Waals surface area contributed by atoms with Gasteiger partial charge in [0.25, 0.3) is 5.91 Å². The number of hydrazine groups is 1. The van der Waals surface area contributed by atoms with Gasteiger partial charge < -0.3 is 10.7 Å². The summed E-state index contributed by atoms with van der Waals surface area (Å²) < 4.78 is 0.217. The number of amides is 1. The molecule has 0 spiro atoms. The van der Waals surface area contributed by atoms with Crippen molar-refractivity contribution in [3.05, 3.63) is 24.0 Å². The van der Waals surface area contributed by atoms with Crippen molar-refractivity contribution in [2.24, 2.45) is 5.84 Å². The van der Waals surface area contributed by atoms with E-state index >= 15 is 0 Å². The number of nitrogens with one attached hydrogen (secondary N) is 2. The number of nitrogen functional groups attached to an aromatic ring is 1. The van der Waals surface area contributed by atoms with E-state index < -0.39 is 0 Å². The van der Waals surface area contributed by atoms with Gasteiger partial charge in [0, 0.05) is 11.3 Å². The molecule has 0 bridgehead atoms. The van der Waals surface area contributed by atoms with Crippen LogP contribution in [0.1, 0.15) is 36.2 Å². The van der Waals surface area contributed by atoms with E-state index in [2.05, 4.69) is 22.0 Å². The molecule has 0 radical (unpaired) electrons. The molecule has 0 aromatic carbocycles. The third kappa shape index (κ3) is 3.39. The number of carbonyl (C=O) groups excluding carboxylic acids is 1. The molecule has 1 aromatic heterocycles. The van der Waals surface area contributed by atoms with Crippen LogP contribution in [0, 0.1) is 0 Å². The number of hydrogen-bond acceptors (Lipinski definition) is 5. The minimum absolute atomic E-state index is 0.121. The van der Waals surface area contributed by atoms with Gasteiger partial charge in [-0.25, -0.2) is 4.98 Å². The Bertz CT molecular complexity index is 429. The molecule has 0 aliphatic heterocycles. The zero-order valence-electron chi connectivity index (χ0n) is 11.1. The molecule has 104 valence electrons. The Hall–Kier alpha value is -1.27. The lowest BCUT2D eigenvalue weighted by atomic mass is 10.1. The van der Waals surface area contributed by atoms with Crippen molar-refractivity contribution in [2.45, 2.75) is 30.4 Å². The van der Waals surface area contributed by atoms with Crippen molar-refractivity contribution in [1.29, 1.82) is 0 Å². The minimum Gasteiger partial charge on any atom is -0.349 e. The van der Waals surface area contributed by atoms with Gasteiger partial charge in [-0.3, -0.25) is 10.6 Å². The van der Waals surface area contributed by atoms with Gasteiger partial charge in [0.15, 0.2) is 0 Å². The van der Waals surface area contributed by atoms with Crippen LogP contribution in [-0.2, 0) is 0 Å². The maximum absolute atomic E-state index is 12.0. The van der Waals surface area contributed by atoms with Gasteiger partial charge in [0.1, 0.15) is 5.69 Å². The molecule has 1 aromatic rings. The van der Waals surface area contributed by atoms with Crippen molar-refractivity contribution < 1.29 is 4.79 Å². The molecular formula is C13H20N4OS. The number of aromatic nitrogens is 1. The number of pyridine rings is 1. The van der Waals surface area contributed by atoms with Gasteiger partial charge in [-0.2, -0.15) is 11.8 Å². The zero-order valence-corrected chi connectivity index (χ0v) is 11.9. The third-order valence-electron chi connectivity index (χ3n) is 3.68. The fourth-order valence-electron chi connectivity index (χ4n) is 2.42. The smallest absolute Gasteiger partial charge is 0.269 e. The first-order valence-electron chi connectivity index (χ1n) is 6.45. The highest BCUT2D eigenvalue weighted by molar-refractivity contribution is 8.00. The van der Waals surface area contributed by atoms with Crippen molar-refractivity contribution in [3.8, 4) is 0 Å². The SMILES string of the molecule is CSC1(CNC(=O)c2ccc(NN)cn2)CCCC1. The Morgan fingerprint density at radius 2 is 2.21 bits per heavy atom. The maximum atomic E-state index is 12.0. The molecule has 1 saturated carbocycles. The Morgan fingerprint density at radius 1 is 1.47 bits per heavy atom. The molecule has 1 fully saturated rings. The molecule has 1 aliphatic rings. The van der Waals surface area contributed by atoms with Crippen molar-refractivity contribution in [1.82, 2.24) is 10.3 Å². The van der Waals surface area contributed by atoms with Gasteiger partial charge in [0.2, 0.25) is 0 Å². The summed E-state index contributed by atoms with van der Waals surface area (Å²) in [6.07, 6.45) is 8.54. The van der Waals surface area contributed by atoms with E-state index in [1.54, 1.807) is 18.3 Å². The zero-order chi connectivity index (χ0) is 13.7. The lowest BCUT2D eigenvalue weighted by molar-refractivity contribution is 0.0944. The van der Waals surface area contributed by atoms with Crippen LogP contribution in [0.5, 0.6) is 0 Å². The first-order chi connectivity index (χ1) is 9.19. The van der Waals surface area contributed by atoms with E-state index in [1.165, 1.54) is 25.7 Å². The predicted octanol–water partition coefficient (Wildman–Crippen LogP) is 1.77. The van der Waals surface area contributed by atoms with Gasteiger partial charge in [-0.1, -0.05) is 12.8 Å². The molecule has 19 heavy (non-hydrogen) atoms. The predicted molar refractivity (Wildman–Crippen MR) is 79.1 cm³/mol. The van der Waals surface area contributed by atoms with Crippen LogP contribution in [0.4, 0.5) is 5.69 Å². The van der Waals surface area contributed by atoms with Gasteiger partial charge in [-0.15, -0.1) is 0 Å². The van der Waals surface area contributed by atoms with Crippen LogP contribution in [0.25, 0.3) is 0 Å². The lowest BCUT2D eigenvalue weighted by Crippen LogP contribution is -2.38. The summed E-state index contributed by atoms with van der Waals surface area (Å²) in [6.45, 7) is 0.714. The molecule has 0 atom stereocenters. The first kappa shape index (κ1) is 14.1. The second-order valence-electron chi connectivity index (χ2n) is 4.85. The van der Waals surface area contributed by atoms with Gasteiger partial charge >= 0.3 is 0 Å². The molecule has 6 heteroatoms. The molecule has 2 rings (SSSR count). The van der Waals surface area contributed by atoms with Crippen molar-refractivity contribution in [3.63, 3.8) is 0 Å². The minimum atomic E-state index is -0.121. The van der Waals surface area contributed by atoms with Crippen molar-refractivity contribution in [2.75, 3.05) is 18.2 Å². The van der Waals surface area contributed by atoms with E-state index in [4.69, 9.17) is 5.84 Å². The highest BCUT2D eigenvalue weighted by Crippen LogP contribution is 2.39. The number of thioether (sulfide) groups is 1. The molecule has 1 amide bonds. The second-order valence-corrected chi connectivity index (χ2v) is 6.13. The summed E-state index contributed by atoms with van der Waals surface area (Å²) in [5.41, 5.74) is 3.60. The number of nitrogens with two attached hydrogens (primary N) is 1. The summed E-state index contributed by atoms with van der Waals surface area (Å²) in [4.78, 5) is 16.1. The lowest BCUT2D eigenvalue weighted by Gasteiger charge is -2.26. The molecule has 5 nitrogen and oxygen atoms in total. The summed E-state index contributed by atoms with van der Waals surface area (Å²) >= 11 is 1.86. The third-order valence-corrected chi connectivity index (χ3v) is 5.10. The van der Waals surface area contributed by atoms with Gasteiger partial charge in [0.05, 0.1) is 11.9 Å². The number of anilines is 1. The summed E-state index contributed by atoms with van der Waals surface area (Å²) in [6, 6.07) is 3.41. The number of nitrogens with zero attached hydrogens (tertiary/aromatic N) is 1.